The second kappa shape index (κ2) is 8.98. The number of hydrogen-bond acceptors (Lipinski definition) is 5. The summed E-state index contributed by atoms with van der Waals surface area (Å²) in [6.45, 7) is 1.59. The second-order valence-electron chi connectivity index (χ2n) is 5.87. The number of aliphatic hydroxyl groups is 1. The Hall–Kier alpha value is -1.47. The highest BCUT2D eigenvalue weighted by Crippen LogP contribution is 2.15. The Balaban J connectivity index is 1.73. The number of nitrogens with one attached hydrogen (secondary N) is 1. The van der Waals surface area contributed by atoms with Gasteiger partial charge in [0.05, 0.1) is 25.8 Å². The van der Waals surface area contributed by atoms with Crippen molar-refractivity contribution in [2.24, 2.45) is 0 Å². The first kappa shape index (κ1) is 17.9. The highest BCUT2D eigenvalue weighted by Gasteiger charge is 2.35. The van der Waals surface area contributed by atoms with Gasteiger partial charge in [-0.05, 0) is 19.0 Å². The van der Waals surface area contributed by atoms with Crippen LogP contribution in [0.5, 0.6) is 0 Å². The van der Waals surface area contributed by atoms with E-state index in [0.717, 1.165) is 6.42 Å². The molecule has 6 heteroatoms. The van der Waals surface area contributed by atoms with Gasteiger partial charge in [0.1, 0.15) is 12.2 Å². The Morgan fingerprint density at radius 1 is 1.39 bits per heavy atom. The van der Waals surface area contributed by atoms with E-state index < -0.39 is 6.10 Å². The van der Waals surface area contributed by atoms with E-state index in [2.05, 4.69) is 5.32 Å². The van der Waals surface area contributed by atoms with Gasteiger partial charge in [0.15, 0.2) is 0 Å². The van der Waals surface area contributed by atoms with Gasteiger partial charge in [-0.1, -0.05) is 30.3 Å². The Labute approximate surface area is 137 Å². The van der Waals surface area contributed by atoms with E-state index >= 15 is 0 Å². The van der Waals surface area contributed by atoms with Crippen LogP contribution in [0.3, 0.4) is 0 Å². The first-order valence-corrected chi connectivity index (χ1v) is 7.91. The van der Waals surface area contributed by atoms with E-state index in [1.807, 2.05) is 42.3 Å². The predicted molar refractivity (Wildman–Crippen MR) is 87.2 cm³/mol. The molecule has 1 aliphatic heterocycles. The minimum Gasteiger partial charge on any atom is -0.389 e. The molecule has 2 rings (SSSR count). The molecule has 2 N–H and O–H groups in total. The Morgan fingerprint density at radius 3 is 2.83 bits per heavy atom. The molecule has 1 amide bonds. The van der Waals surface area contributed by atoms with E-state index in [0.29, 0.717) is 19.8 Å². The predicted octanol–water partition coefficient (Wildman–Crippen LogP) is 0.0518. The molecule has 0 bridgehead atoms. The monoisotopic (exact) mass is 322 g/mol. The second-order valence-corrected chi connectivity index (χ2v) is 5.87. The van der Waals surface area contributed by atoms with Crippen molar-refractivity contribution in [1.29, 1.82) is 0 Å². The molecule has 0 aromatic heterocycles. The first-order chi connectivity index (χ1) is 11.1. The summed E-state index contributed by atoms with van der Waals surface area (Å²) >= 11 is 0. The third-order valence-electron chi connectivity index (χ3n) is 4.19. The van der Waals surface area contributed by atoms with Gasteiger partial charge in [0, 0.05) is 13.7 Å². The van der Waals surface area contributed by atoms with Gasteiger partial charge in [-0.3, -0.25) is 9.69 Å². The number of benzene rings is 1. The number of methoxy groups -OCH3 is 1. The summed E-state index contributed by atoms with van der Waals surface area (Å²) in [5.74, 6) is -0.0600. The molecule has 6 nitrogen and oxygen atoms in total. The summed E-state index contributed by atoms with van der Waals surface area (Å²) in [5, 5.41) is 13.2. The average molecular weight is 322 g/mol. The van der Waals surface area contributed by atoms with E-state index in [4.69, 9.17) is 9.47 Å². The number of carbonyl (C=O) groups excluding carboxylic acids is 1. The molecule has 0 saturated carbocycles. The van der Waals surface area contributed by atoms with Gasteiger partial charge in [0.25, 0.3) is 0 Å². The minimum atomic E-state index is -0.657. The van der Waals surface area contributed by atoms with Gasteiger partial charge in [-0.15, -0.1) is 0 Å². The van der Waals surface area contributed by atoms with Crippen LogP contribution in [-0.4, -0.2) is 74.6 Å². The van der Waals surface area contributed by atoms with Crippen molar-refractivity contribution in [3.8, 4) is 0 Å². The first-order valence-electron chi connectivity index (χ1n) is 7.91. The molecule has 1 fully saturated rings. The average Bonchev–Trinajstić information content (AvgIpc) is 2.56. The highest BCUT2D eigenvalue weighted by molar-refractivity contribution is 5.78. The Bertz CT molecular complexity index is 483. The third-order valence-corrected chi connectivity index (χ3v) is 4.19. The molecular weight excluding hydrogens is 296 g/mol. The molecule has 0 spiro atoms. The van der Waals surface area contributed by atoms with E-state index in [1.165, 1.54) is 5.56 Å². The number of likely N-dealkylation sites (N-methyl/N-ethyl adjacent to an activating group) is 1. The van der Waals surface area contributed by atoms with Crippen molar-refractivity contribution >= 4 is 5.91 Å². The number of hydrogen-bond donors (Lipinski definition) is 2. The number of rotatable bonds is 7. The zero-order valence-corrected chi connectivity index (χ0v) is 13.8. The lowest BCUT2D eigenvalue weighted by Crippen LogP contribution is -2.56. The van der Waals surface area contributed by atoms with Crippen molar-refractivity contribution in [2.75, 3.05) is 40.5 Å². The molecule has 1 aromatic rings. The van der Waals surface area contributed by atoms with E-state index in [-0.39, 0.29) is 24.6 Å². The Kier molecular flexibility index (Phi) is 6.98. The van der Waals surface area contributed by atoms with Crippen LogP contribution in [0.2, 0.25) is 0 Å². The smallest absolute Gasteiger partial charge is 0.234 e. The number of carbonyl (C=O) groups is 1. The lowest BCUT2D eigenvalue weighted by molar-refractivity contribution is -0.145. The zero-order valence-electron chi connectivity index (χ0n) is 13.8. The normalized spacial score (nSPS) is 24.6. The van der Waals surface area contributed by atoms with Crippen LogP contribution < -0.4 is 5.32 Å². The molecule has 1 aliphatic rings. The van der Waals surface area contributed by atoms with Crippen LogP contribution in [-0.2, 0) is 20.7 Å². The van der Waals surface area contributed by atoms with Gasteiger partial charge in [-0.2, -0.15) is 0 Å². The molecule has 1 heterocycles. The van der Waals surface area contributed by atoms with Gasteiger partial charge >= 0.3 is 0 Å². The summed E-state index contributed by atoms with van der Waals surface area (Å²) in [6.07, 6.45) is -0.204. The van der Waals surface area contributed by atoms with Gasteiger partial charge < -0.3 is 19.9 Å². The highest BCUT2D eigenvalue weighted by atomic mass is 16.5. The molecule has 1 aromatic carbocycles. The molecule has 23 heavy (non-hydrogen) atoms. The van der Waals surface area contributed by atoms with Crippen LogP contribution in [0.1, 0.15) is 5.56 Å². The lowest BCUT2D eigenvalue weighted by Gasteiger charge is -2.38. The quantitative estimate of drug-likeness (QED) is 0.742. The molecular formula is C17H26N2O4. The maximum absolute atomic E-state index is 12.0. The van der Waals surface area contributed by atoms with Crippen molar-refractivity contribution < 1.29 is 19.4 Å². The number of amides is 1. The molecule has 1 saturated heterocycles. The van der Waals surface area contributed by atoms with Crippen LogP contribution in [0.15, 0.2) is 30.3 Å². The van der Waals surface area contributed by atoms with Crippen molar-refractivity contribution in [1.82, 2.24) is 10.2 Å². The molecule has 0 radical (unpaired) electrons. The molecule has 3 atom stereocenters. The fourth-order valence-electron chi connectivity index (χ4n) is 2.74. The summed E-state index contributed by atoms with van der Waals surface area (Å²) in [4.78, 5) is 13.9. The Morgan fingerprint density at radius 2 is 2.13 bits per heavy atom. The fraction of sp³-hybridized carbons (Fsp3) is 0.588. The summed E-state index contributed by atoms with van der Waals surface area (Å²) in [6, 6.07) is 9.79. The fourth-order valence-corrected chi connectivity index (χ4v) is 2.74. The number of nitrogens with zero attached hydrogens (tertiary/aromatic N) is 1. The summed E-state index contributed by atoms with van der Waals surface area (Å²) in [5.41, 5.74) is 1.19. The van der Waals surface area contributed by atoms with E-state index in [1.54, 1.807) is 7.11 Å². The standard InChI is InChI=1S/C17H26N2O4/c1-19(14-11-23-12-15(22-2)17(14)21)10-16(20)18-9-8-13-6-4-3-5-7-13/h3-7,14-15,17,21H,8-12H2,1-2H3,(H,18,20)/t14-,15-,17+/m1/s1. The van der Waals surface area contributed by atoms with E-state index in [9.17, 15) is 9.90 Å². The topological polar surface area (TPSA) is 71.0 Å². The molecule has 0 aliphatic carbocycles. The largest absolute Gasteiger partial charge is 0.389 e. The minimum absolute atomic E-state index is 0.0600. The van der Waals surface area contributed by atoms with Crippen LogP contribution in [0.25, 0.3) is 0 Å². The SMILES string of the molecule is CO[C@@H]1COC[C@@H](N(C)CC(=O)NCCc2ccccc2)[C@@H]1O. The lowest BCUT2D eigenvalue weighted by atomic mass is 10.0. The summed E-state index contributed by atoms with van der Waals surface area (Å²) < 4.78 is 10.6. The van der Waals surface area contributed by atoms with Crippen molar-refractivity contribution in [2.45, 2.75) is 24.7 Å². The maximum atomic E-state index is 12.0. The van der Waals surface area contributed by atoms with Crippen molar-refractivity contribution in [3.05, 3.63) is 35.9 Å². The molecule has 128 valence electrons. The number of ether oxygens (including phenoxy) is 2. The van der Waals surface area contributed by atoms with Crippen LogP contribution >= 0.6 is 0 Å². The summed E-state index contributed by atoms with van der Waals surface area (Å²) in [7, 11) is 3.36. The van der Waals surface area contributed by atoms with Gasteiger partial charge in [0.2, 0.25) is 5.91 Å². The molecule has 0 unspecified atom stereocenters. The van der Waals surface area contributed by atoms with Crippen LogP contribution in [0.4, 0.5) is 0 Å². The van der Waals surface area contributed by atoms with Crippen molar-refractivity contribution in [3.63, 3.8) is 0 Å². The third kappa shape index (κ3) is 5.28. The maximum Gasteiger partial charge on any atom is 0.234 e. The number of aliphatic hydroxyl groups excluding tert-OH is 1. The van der Waals surface area contributed by atoms with Gasteiger partial charge in [-0.25, -0.2) is 0 Å². The van der Waals surface area contributed by atoms with Crippen LogP contribution in [0, 0.1) is 0 Å². The zero-order chi connectivity index (χ0) is 16.7.